The number of esters is 1. The molecule has 0 fully saturated rings. The highest BCUT2D eigenvalue weighted by Gasteiger charge is 2.29. The van der Waals surface area contributed by atoms with E-state index < -0.39 is 28.3 Å². The highest BCUT2D eigenvalue weighted by molar-refractivity contribution is 8.01. The number of ketones is 1. The molecular formula is C18H24N4O5S. The van der Waals surface area contributed by atoms with E-state index >= 15 is 0 Å². The van der Waals surface area contributed by atoms with E-state index in [2.05, 4.69) is 9.97 Å². The van der Waals surface area contributed by atoms with Gasteiger partial charge in [0, 0.05) is 20.5 Å². The van der Waals surface area contributed by atoms with Crippen LogP contribution in [0.3, 0.4) is 0 Å². The molecule has 0 aliphatic rings. The molecule has 152 valence electrons. The molecule has 0 aliphatic heterocycles. The molecule has 0 N–H and O–H groups in total. The number of aryl methyl sites for hydroxylation is 2. The number of nitrogens with zero attached hydrogens (tertiary/aromatic N) is 4. The van der Waals surface area contributed by atoms with Crippen LogP contribution in [0.2, 0.25) is 0 Å². The Labute approximate surface area is 166 Å². The van der Waals surface area contributed by atoms with E-state index in [0.29, 0.717) is 12.2 Å². The number of hydrogen-bond donors (Lipinski definition) is 0. The summed E-state index contributed by atoms with van der Waals surface area (Å²) in [5.41, 5.74) is -0.904. The molecule has 10 heteroatoms. The van der Waals surface area contributed by atoms with Gasteiger partial charge in [0.15, 0.2) is 16.7 Å². The van der Waals surface area contributed by atoms with E-state index in [-0.39, 0.29) is 22.7 Å². The molecule has 2 heterocycles. The summed E-state index contributed by atoms with van der Waals surface area (Å²) in [5, 5.41) is -0.857. The van der Waals surface area contributed by atoms with Crippen LogP contribution in [-0.4, -0.2) is 42.7 Å². The standard InChI is InChI=1S/C18H24N4O5S/c1-6-8-9-11-19-14-12(16(24)22(5)18(26)21(14)4)15(20-11)28-13(10(3)23)17(25)27-7-2/h13H,6-9H2,1-5H3/t13-/m0/s1. The van der Waals surface area contributed by atoms with Crippen molar-refractivity contribution in [2.24, 2.45) is 14.1 Å². The van der Waals surface area contributed by atoms with Gasteiger partial charge in [-0.3, -0.25) is 23.5 Å². The number of carbonyl (C=O) groups is 2. The SMILES string of the molecule is CCCCc1nc(S[C@@H](C(C)=O)C(=O)OCC)c2c(=O)n(C)c(=O)n(C)c2n1. The second-order valence-corrected chi connectivity index (χ2v) is 7.41. The van der Waals surface area contributed by atoms with Crippen molar-refractivity contribution in [1.29, 1.82) is 0 Å². The quantitative estimate of drug-likeness (QED) is 0.275. The van der Waals surface area contributed by atoms with Crippen LogP contribution in [0.25, 0.3) is 11.0 Å². The van der Waals surface area contributed by atoms with Gasteiger partial charge in [0.1, 0.15) is 16.2 Å². The van der Waals surface area contributed by atoms with Gasteiger partial charge in [-0.2, -0.15) is 0 Å². The molecule has 28 heavy (non-hydrogen) atoms. The van der Waals surface area contributed by atoms with Crippen LogP contribution >= 0.6 is 11.8 Å². The minimum absolute atomic E-state index is 0.102. The topological polar surface area (TPSA) is 113 Å². The summed E-state index contributed by atoms with van der Waals surface area (Å²) in [6.07, 6.45) is 2.29. The number of Topliss-reactive ketones (excluding diaryl/α,β-unsaturated/α-hetero) is 1. The molecule has 0 spiro atoms. The van der Waals surface area contributed by atoms with Crippen LogP contribution in [0.5, 0.6) is 0 Å². The lowest BCUT2D eigenvalue weighted by atomic mass is 10.2. The first-order valence-electron chi connectivity index (χ1n) is 9.03. The van der Waals surface area contributed by atoms with E-state index in [9.17, 15) is 19.2 Å². The second-order valence-electron chi connectivity index (χ2n) is 6.31. The fraction of sp³-hybridized carbons (Fsp3) is 0.556. The van der Waals surface area contributed by atoms with Gasteiger partial charge in [-0.1, -0.05) is 25.1 Å². The number of rotatable bonds is 8. The monoisotopic (exact) mass is 408 g/mol. The number of aromatic nitrogens is 4. The zero-order valence-corrected chi connectivity index (χ0v) is 17.5. The molecule has 9 nitrogen and oxygen atoms in total. The van der Waals surface area contributed by atoms with Gasteiger partial charge in [0.2, 0.25) is 0 Å². The molecule has 2 aromatic rings. The first-order chi connectivity index (χ1) is 13.2. The molecule has 0 saturated heterocycles. The largest absolute Gasteiger partial charge is 0.465 e. The molecule has 0 saturated carbocycles. The van der Waals surface area contributed by atoms with Crippen LogP contribution < -0.4 is 11.2 Å². The Bertz CT molecular complexity index is 1030. The Morgan fingerprint density at radius 1 is 1.14 bits per heavy atom. The number of carbonyl (C=O) groups excluding carboxylic acids is 2. The highest BCUT2D eigenvalue weighted by atomic mass is 32.2. The molecule has 0 aromatic carbocycles. The molecular weight excluding hydrogens is 384 g/mol. The van der Waals surface area contributed by atoms with Crippen molar-refractivity contribution in [1.82, 2.24) is 19.1 Å². The van der Waals surface area contributed by atoms with Crippen LogP contribution in [0.4, 0.5) is 0 Å². The Morgan fingerprint density at radius 3 is 2.39 bits per heavy atom. The Morgan fingerprint density at radius 2 is 1.82 bits per heavy atom. The van der Waals surface area contributed by atoms with Gasteiger partial charge < -0.3 is 4.74 Å². The van der Waals surface area contributed by atoms with Crippen molar-refractivity contribution in [2.45, 2.75) is 50.3 Å². The van der Waals surface area contributed by atoms with E-state index in [1.54, 1.807) is 6.92 Å². The van der Waals surface area contributed by atoms with Gasteiger partial charge in [0.05, 0.1) is 6.61 Å². The van der Waals surface area contributed by atoms with Gasteiger partial charge >= 0.3 is 11.7 Å². The lowest BCUT2D eigenvalue weighted by Crippen LogP contribution is -2.38. The van der Waals surface area contributed by atoms with Crippen molar-refractivity contribution in [3.05, 3.63) is 26.7 Å². The molecule has 0 amide bonds. The van der Waals surface area contributed by atoms with Crippen molar-refractivity contribution in [2.75, 3.05) is 6.61 Å². The third kappa shape index (κ3) is 4.32. The zero-order valence-electron chi connectivity index (χ0n) is 16.6. The number of unbranched alkanes of at least 4 members (excludes halogenated alkanes) is 1. The van der Waals surface area contributed by atoms with Crippen molar-refractivity contribution in [3.63, 3.8) is 0 Å². The Kier molecular flexibility index (Phi) is 7.11. The summed E-state index contributed by atoms with van der Waals surface area (Å²) in [7, 11) is 2.88. The summed E-state index contributed by atoms with van der Waals surface area (Å²) in [6.45, 7) is 5.08. The van der Waals surface area contributed by atoms with E-state index in [0.717, 1.165) is 29.2 Å². The maximum Gasteiger partial charge on any atom is 0.332 e. The van der Waals surface area contributed by atoms with Crippen LogP contribution in [0, 0.1) is 0 Å². The number of thioether (sulfide) groups is 1. The average Bonchev–Trinajstić information content (AvgIpc) is 2.66. The zero-order chi connectivity index (χ0) is 21.0. The average molecular weight is 408 g/mol. The summed E-state index contributed by atoms with van der Waals surface area (Å²) >= 11 is 0.856. The van der Waals surface area contributed by atoms with Crippen LogP contribution in [0.15, 0.2) is 14.6 Å². The van der Waals surface area contributed by atoms with Crippen molar-refractivity contribution in [3.8, 4) is 0 Å². The Hall–Kier alpha value is -2.49. The summed E-state index contributed by atoms with van der Waals surface area (Å²) in [6, 6.07) is 0. The molecule has 0 bridgehead atoms. The van der Waals surface area contributed by atoms with Crippen LogP contribution in [-0.2, 0) is 34.8 Å². The van der Waals surface area contributed by atoms with Gasteiger partial charge in [0.25, 0.3) is 5.56 Å². The lowest BCUT2D eigenvalue weighted by molar-refractivity contribution is -0.144. The number of fused-ring (bicyclic) bond motifs is 1. The van der Waals surface area contributed by atoms with E-state index in [1.165, 1.54) is 25.6 Å². The Balaban J connectivity index is 2.74. The first kappa shape index (κ1) is 21.8. The minimum Gasteiger partial charge on any atom is -0.465 e. The number of hydrogen-bond acceptors (Lipinski definition) is 8. The summed E-state index contributed by atoms with van der Waals surface area (Å²) in [4.78, 5) is 58.1. The number of ether oxygens (including phenoxy) is 1. The minimum atomic E-state index is -1.15. The lowest BCUT2D eigenvalue weighted by Gasteiger charge is -2.15. The predicted molar refractivity (Wildman–Crippen MR) is 106 cm³/mol. The maximum atomic E-state index is 12.7. The molecule has 2 aromatic heterocycles. The van der Waals surface area contributed by atoms with Crippen LogP contribution in [0.1, 0.15) is 39.4 Å². The third-order valence-electron chi connectivity index (χ3n) is 4.17. The van der Waals surface area contributed by atoms with Crippen molar-refractivity contribution < 1.29 is 14.3 Å². The normalized spacial score (nSPS) is 12.2. The predicted octanol–water partition coefficient (Wildman–Crippen LogP) is 0.983. The van der Waals surface area contributed by atoms with E-state index in [1.807, 2.05) is 6.92 Å². The second kappa shape index (κ2) is 9.13. The smallest absolute Gasteiger partial charge is 0.332 e. The summed E-state index contributed by atoms with van der Waals surface area (Å²) < 4.78 is 7.20. The molecule has 0 unspecified atom stereocenters. The van der Waals surface area contributed by atoms with Crippen molar-refractivity contribution >= 4 is 34.5 Å². The first-order valence-corrected chi connectivity index (χ1v) is 9.91. The fourth-order valence-electron chi connectivity index (χ4n) is 2.63. The molecule has 2 rings (SSSR count). The highest BCUT2D eigenvalue weighted by Crippen LogP contribution is 2.28. The fourth-order valence-corrected chi connectivity index (χ4v) is 3.64. The van der Waals surface area contributed by atoms with E-state index in [4.69, 9.17) is 4.74 Å². The maximum absolute atomic E-state index is 12.7. The summed E-state index contributed by atoms with van der Waals surface area (Å²) in [5.74, 6) is -0.651. The van der Waals surface area contributed by atoms with Gasteiger partial charge in [-0.05, 0) is 20.3 Å². The van der Waals surface area contributed by atoms with Gasteiger partial charge in [-0.15, -0.1) is 0 Å². The third-order valence-corrected chi connectivity index (χ3v) is 5.45. The molecule has 1 atom stereocenters. The molecule has 0 radical (unpaired) electrons. The molecule has 0 aliphatic carbocycles. The van der Waals surface area contributed by atoms with Gasteiger partial charge in [-0.25, -0.2) is 14.8 Å².